The molecule has 1 atom stereocenters. The van der Waals surface area contributed by atoms with Crippen LogP contribution in [-0.2, 0) is 17.8 Å². The molecule has 0 aliphatic carbocycles. The van der Waals surface area contributed by atoms with Crippen molar-refractivity contribution in [2.75, 3.05) is 7.11 Å². The van der Waals surface area contributed by atoms with Crippen LogP contribution < -0.4 is 0 Å². The largest absolute Gasteiger partial charge is 0.393 e. The molecule has 4 heteroatoms. The van der Waals surface area contributed by atoms with Gasteiger partial charge in [0.15, 0.2) is 0 Å². The van der Waals surface area contributed by atoms with E-state index >= 15 is 0 Å². The van der Waals surface area contributed by atoms with Gasteiger partial charge in [-0.05, 0) is 31.0 Å². The van der Waals surface area contributed by atoms with Gasteiger partial charge in [0.2, 0.25) is 0 Å². The Kier molecular flexibility index (Phi) is 4.51. The summed E-state index contributed by atoms with van der Waals surface area (Å²) in [4.78, 5) is 0. The predicted molar refractivity (Wildman–Crippen MR) is 57.5 cm³/mol. The summed E-state index contributed by atoms with van der Waals surface area (Å²) in [5.41, 5.74) is 1.04. The fraction of sp³-hybridized carbons (Fsp3) is 0.455. The molecular weight excluding hydrogens is 219 g/mol. The summed E-state index contributed by atoms with van der Waals surface area (Å²) >= 11 is 5.90. The highest BCUT2D eigenvalue weighted by atomic mass is 35.5. The maximum absolute atomic E-state index is 13.5. The van der Waals surface area contributed by atoms with Crippen molar-refractivity contribution >= 4 is 11.6 Å². The fourth-order valence-electron chi connectivity index (χ4n) is 1.40. The molecule has 0 radical (unpaired) electrons. The van der Waals surface area contributed by atoms with Gasteiger partial charge in [0.05, 0.1) is 12.7 Å². The number of hydrogen-bond donors (Lipinski definition) is 1. The van der Waals surface area contributed by atoms with E-state index in [2.05, 4.69) is 0 Å². The van der Waals surface area contributed by atoms with Crippen molar-refractivity contribution in [3.8, 4) is 0 Å². The lowest BCUT2D eigenvalue weighted by atomic mass is 10.1. The smallest absolute Gasteiger partial charge is 0.130 e. The minimum Gasteiger partial charge on any atom is -0.393 e. The molecule has 0 saturated carbocycles. The number of rotatable bonds is 4. The van der Waals surface area contributed by atoms with E-state index in [4.69, 9.17) is 16.3 Å². The average molecular weight is 233 g/mol. The van der Waals surface area contributed by atoms with E-state index in [1.807, 2.05) is 0 Å². The van der Waals surface area contributed by atoms with Gasteiger partial charge in [-0.15, -0.1) is 0 Å². The van der Waals surface area contributed by atoms with E-state index in [1.54, 1.807) is 13.0 Å². The molecule has 0 aliphatic heterocycles. The fourth-order valence-corrected chi connectivity index (χ4v) is 1.68. The summed E-state index contributed by atoms with van der Waals surface area (Å²) < 4.78 is 18.3. The summed E-state index contributed by atoms with van der Waals surface area (Å²) in [5, 5.41) is 9.51. The molecule has 1 unspecified atom stereocenters. The Bertz CT molecular complexity index is 316. The second kappa shape index (κ2) is 5.45. The zero-order valence-electron chi connectivity index (χ0n) is 8.76. The Hall–Kier alpha value is -0.640. The van der Waals surface area contributed by atoms with Crippen molar-refractivity contribution in [1.82, 2.24) is 0 Å². The normalized spacial score (nSPS) is 12.9. The number of aliphatic hydroxyl groups is 1. The van der Waals surface area contributed by atoms with Crippen molar-refractivity contribution in [3.05, 3.63) is 34.1 Å². The molecule has 2 nitrogen and oxygen atoms in total. The summed E-state index contributed by atoms with van der Waals surface area (Å²) in [5.74, 6) is -0.389. The molecule has 84 valence electrons. The van der Waals surface area contributed by atoms with E-state index in [0.717, 1.165) is 0 Å². The maximum atomic E-state index is 13.5. The zero-order valence-corrected chi connectivity index (χ0v) is 9.51. The van der Waals surface area contributed by atoms with Gasteiger partial charge < -0.3 is 9.84 Å². The number of methoxy groups -OCH3 is 1. The second-order valence-corrected chi connectivity index (χ2v) is 3.93. The van der Waals surface area contributed by atoms with Gasteiger partial charge in [0, 0.05) is 17.7 Å². The Balaban J connectivity index is 2.97. The molecule has 1 aromatic carbocycles. The van der Waals surface area contributed by atoms with Crippen LogP contribution in [0.2, 0.25) is 5.02 Å². The number of hydrogen-bond acceptors (Lipinski definition) is 2. The summed E-state index contributed by atoms with van der Waals surface area (Å²) in [6.45, 7) is 1.80. The van der Waals surface area contributed by atoms with Gasteiger partial charge in [-0.1, -0.05) is 11.6 Å². The summed E-state index contributed by atoms with van der Waals surface area (Å²) in [6.07, 6.45) is -0.113. The zero-order chi connectivity index (χ0) is 11.4. The van der Waals surface area contributed by atoms with Crippen molar-refractivity contribution in [2.24, 2.45) is 0 Å². The van der Waals surface area contributed by atoms with E-state index in [9.17, 15) is 9.50 Å². The van der Waals surface area contributed by atoms with Gasteiger partial charge in [-0.2, -0.15) is 0 Å². The lowest BCUT2D eigenvalue weighted by Gasteiger charge is -2.09. The van der Waals surface area contributed by atoms with Crippen LogP contribution >= 0.6 is 11.6 Å². The standard InChI is InChI=1S/C11H14ClFO2/c1-7(14)3-8-4-10(12)9(6-15-2)11(13)5-8/h4-5,7,14H,3,6H2,1-2H3. The van der Waals surface area contributed by atoms with Crippen LogP contribution in [0.3, 0.4) is 0 Å². The predicted octanol–water partition coefficient (Wildman–Crippen LogP) is 2.55. The maximum Gasteiger partial charge on any atom is 0.130 e. The van der Waals surface area contributed by atoms with Gasteiger partial charge in [-0.25, -0.2) is 4.39 Å². The van der Waals surface area contributed by atoms with E-state index in [1.165, 1.54) is 13.2 Å². The third-order valence-corrected chi connectivity index (χ3v) is 2.36. The molecule has 1 N–H and O–H groups in total. The van der Waals surface area contributed by atoms with Gasteiger partial charge in [0.25, 0.3) is 0 Å². The highest BCUT2D eigenvalue weighted by Crippen LogP contribution is 2.23. The van der Waals surface area contributed by atoms with E-state index in [-0.39, 0.29) is 12.4 Å². The van der Waals surface area contributed by atoms with Crippen LogP contribution in [0.25, 0.3) is 0 Å². The van der Waals surface area contributed by atoms with Crippen molar-refractivity contribution in [3.63, 3.8) is 0 Å². The lowest BCUT2D eigenvalue weighted by Crippen LogP contribution is -2.05. The first-order valence-electron chi connectivity index (χ1n) is 4.68. The number of benzene rings is 1. The number of aliphatic hydroxyl groups excluding tert-OH is 1. The first kappa shape index (κ1) is 12.4. The molecule has 0 aromatic heterocycles. The van der Waals surface area contributed by atoms with Crippen LogP contribution in [0.15, 0.2) is 12.1 Å². The second-order valence-electron chi connectivity index (χ2n) is 3.52. The van der Waals surface area contributed by atoms with E-state index in [0.29, 0.717) is 22.6 Å². The Labute approximate surface area is 93.6 Å². The van der Waals surface area contributed by atoms with Crippen molar-refractivity contribution in [1.29, 1.82) is 0 Å². The van der Waals surface area contributed by atoms with Gasteiger partial charge in [-0.3, -0.25) is 0 Å². The van der Waals surface area contributed by atoms with Gasteiger partial charge in [0.1, 0.15) is 5.82 Å². The molecule has 0 fully saturated rings. The molecule has 0 saturated heterocycles. The summed E-state index contributed by atoms with van der Waals surface area (Å²) in [7, 11) is 1.49. The minimum absolute atomic E-state index is 0.152. The quantitative estimate of drug-likeness (QED) is 0.865. The third kappa shape index (κ3) is 3.45. The highest BCUT2D eigenvalue weighted by Gasteiger charge is 2.10. The molecule has 1 rings (SSSR count). The van der Waals surface area contributed by atoms with Crippen LogP contribution in [0.1, 0.15) is 18.1 Å². The topological polar surface area (TPSA) is 29.5 Å². The third-order valence-electron chi connectivity index (χ3n) is 2.02. The van der Waals surface area contributed by atoms with Crippen LogP contribution in [0.5, 0.6) is 0 Å². The van der Waals surface area contributed by atoms with Crippen LogP contribution in [-0.4, -0.2) is 18.3 Å². The molecule has 0 bridgehead atoms. The highest BCUT2D eigenvalue weighted by molar-refractivity contribution is 6.31. The minimum atomic E-state index is -0.506. The van der Waals surface area contributed by atoms with Crippen molar-refractivity contribution < 1.29 is 14.2 Å². The van der Waals surface area contributed by atoms with Crippen molar-refractivity contribution in [2.45, 2.75) is 26.1 Å². The average Bonchev–Trinajstić information content (AvgIpc) is 2.10. The first-order valence-corrected chi connectivity index (χ1v) is 5.06. The molecular formula is C11H14ClFO2. The number of ether oxygens (including phenoxy) is 1. The molecule has 0 spiro atoms. The lowest BCUT2D eigenvalue weighted by molar-refractivity contribution is 0.181. The molecule has 0 heterocycles. The Morgan fingerprint density at radius 2 is 2.20 bits per heavy atom. The van der Waals surface area contributed by atoms with Gasteiger partial charge >= 0.3 is 0 Å². The van der Waals surface area contributed by atoms with Crippen LogP contribution in [0, 0.1) is 5.82 Å². The number of halogens is 2. The molecule has 15 heavy (non-hydrogen) atoms. The Morgan fingerprint density at radius 3 is 2.67 bits per heavy atom. The Morgan fingerprint density at radius 1 is 1.53 bits per heavy atom. The van der Waals surface area contributed by atoms with E-state index < -0.39 is 6.10 Å². The molecule has 1 aromatic rings. The monoisotopic (exact) mass is 232 g/mol. The first-order chi connectivity index (χ1) is 7.04. The molecule has 0 aliphatic rings. The SMILES string of the molecule is COCc1c(F)cc(CC(C)O)cc1Cl. The van der Waals surface area contributed by atoms with Crippen LogP contribution in [0.4, 0.5) is 4.39 Å². The molecule has 0 amide bonds. The summed E-state index contributed by atoms with van der Waals surface area (Å²) in [6, 6.07) is 3.04.